The molecule has 1 aromatic carbocycles. The number of hydrogen-bond acceptors (Lipinski definition) is 8. The molecule has 2 aromatic rings. The topological polar surface area (TPSA) is 148 Å². The molecule has 48 heavy (non-hydrogen) atoms. The van der Waals surface area contributed by atoms with Crippen molar-refractivity contribution in [3.63, 3.8) is 0 Å². The fourth-order valence-corrected chi connectivity index (χ4v) is 5.07. The van der Waals surface area contributed by atoms with Gasteiger partial charge in [-0.1, -0.05) is 31.0 Å². The van der Waals surface area contributed by atoms with E-state index >= 15 is 0 Å². The quantitative estimate of drug-likeness (QED) is 0.159. The lowest BCUT2D eigenvalue weighted by atomic mass is 9.91. The van der Waals surface area contributed by atoms with Crippen molar-refractivity contribution in [2.24, 2.45) is 5.92 Å². The van der Waals surface area contributed by atoms with Crippen molar-refractivity contribution in [3.8, 4) is 0 Å². The highest BCUT2D eigenvalue weighted by molar-refractivity contribution is 5.94. The van der Waals surface area contributed by atoms with Crippen LogP contribution in [0, 0.1) is 5.92 Å². The van der Waals surface area contributed by atoms with Gasteiger partial charge in [-0.05, 0) is 81.4 Å². The van der Waals surface area contributed by atoms with Gasteiger partial charge < -0.3 is 35.1 Å². The van der Waals surface area contributed by atoms with E-state index in [1.54, 1.807) is 39.2 Å². The van der Waals surface area contributed by atoms with Gasteiger partial charge in [0.2, 0.25) is 11.8 Å². The second kappa shape index (κ2) is 20.8. The number of carbonyl (C=O) groups excluding carboxylic acids is 4. The van der Waals surface area contributed by atoms with Crippen molar-refractivity contribution in [2.75, 3.05) is 52.6 Å². The number of rotatable bonds is 18. The van der Waals surface area contributed by atoms with Gasteiger partial charge in [0.05, 0.1) is 19.8 Å². The molecule has 1 aliphatic heterocycles. The van der Waals surface area contributed by atoms with Gasteiger partial charge in [0.1, 0.15) is 12.2 Å². The van der Waals surface area contributed by atoms with Crippen molar-refractivity contribution < 1.29 is 33.4 Å². The summed E-state index contributed by atoms with van der Waals surface area (Å²) in [6.07, 6.45) is 11.2. The fourth-order valence-electron chi connectivity index (χ4n) is 5.07. The molecule has 1 aliphatic rings. The van der Waals surface area contributed by atoms with Gasteiger partial charge in [0, 0.05) is 56.8 Å². The summed E-state index contributed by atoms with van der Waals surface area (Å²) in [6.45, 7) is 8.80. The predicted octanol–water partition coefficient (Wildman–Crippen LogP) is 4.11. The number of likely N-dealkylation sites (tertiary alicyclic amines) is 1. The van der Waals surface area contributed by atoms with Crippen LogP contribution >= 0.6 is 0 Å². The molecular formula is C36H51N5O7. The number of amides is 4. The van der Waals surface area contributed by atoms with Gasteiger partial charge in [-0.25, -0.2) is 4.79 Å². The lowest BCUT2D eigenvalue weighted by molar-refractivity contribution is -0.126. The van der Waals surface area contributed by atoms with Gasteiger partial charge in [-0.15, -0.1) is 0 Å². The SMILES string of the molecule is CC(C)(C)OC(=O)NCCOCCOCC(=O)NCc1cccc(C(=O)N2CCC(CCCCNC(=O)/C=C/c3cccnc3)CC2)c1. The van der Waals surface area contributed by atoms with Crippen LogP contribution in [0.3, 0.4) is 0 Å². The first-order valence-electron chi connectivity index (χ1n) is 16.7. The highest BCUT2D eigenvalue weighted by atomic mass is 16.6. The minimum Gasteiger partial charge on any atom is -0.444 e. The average molecular weight is 666 g/mol. The highest BCUT2D eigenvalue weighted by Crippen LogP contribution is 2.24. The van der Waals surface area contributed by atoms with Gasteiger partial charge in [-0.3, -0.25) is 19.4 Å². The molecule has 0 radical (unpaired) electrons. The Bertz CT molecular complexity index is 1320. The van der Waals surface area contributed by atoms with Crippen LogP contribution in [0.1, 0.15) is 74.4 Å². The Balaban J connectivity index is 1.23. The van der Waals surface area contributed by atoms with E-state index in [9.17, 15) is 19.2 Å². The van der Waals surface area contributed by atoms with Crippen LogP contribution < -0.4 is 16.0 Å². The first kappa shape index (κ1) is 38.2. The number of alkyl carbamates (subject to hydrolysis) is 1. The molecule has 1 fully saturated rings. The van der Waals surface area contributed by atoms with E-state index in [-0.39, 0.29) is 37.5 Å². The highest BCUT2D eigenvalue weighted by Gasteiger charge is 2.23. The lowest BCUT2D eigenvalue weighted by Crippen LogP contribution is -2.38. The van der Waals surface area contributed by atoms with Crippen LogP contribution in [0.15, 0.2) is 54.9 Å². The van der Waals surface area contributed by atoms with Crippen molar-refractivity contribution in [3.05, 3.63) is 71.6 Å². The summed E-state index contributed by atoms with van der Waals surface area (Å²) < 4.78 is 15.9. The molecule has 12 heteroatoms. The zero-order chi connectivity index (χ0) is 34.6. The van der Waals surface area contributed by atoms with E-state index in [1.807, 2.05) is 41.3 Å². The average Bonchev–Trinajstić information content (AvgIpc) is 3.07. The maximum absolute atomic E-state index is 13.2. The molecule has 3 rings (SSSR count). The molecule has 0 aliphatic carbocycles. The van der Waals surface area contributed by atoms with Crippen molar-refractivity contribution in [1.29, 1.82) is 0 Å². The number of hydrogen-bond donors (Lipinski definition) is 3. The lowest BCUT2D eigenvalue weighted by Gasteiger charge is -2.32. The Labute approximate surface area is 284 Å². The van der Waals surface area contributed by atoms with Crippen LogP contribution in [0.5, 0.6) is 0 Å². The van der Waals surface area contributed by atoms with Crippen molar-refractivity contribution in [2.45, 2.75) is 65.0 Å². The summed E-state index contributed by atoms with van der Waals surface area (Å²) in [4.78, 5) is 54.9. The van der Waals surface area contributed by atoms with Gasteiger partial charge in [0.25, 0.3) is 5.91 Å². The number of carbonyl (C=O) groups is 4. The van der Waals surface area contributed by atoms with Crippen LogP contribution in [0.4, 0.5) is 4.79 Å². The molecule has 1 saturated heterocycles. The Morgan fingerprint density at radius 3 is 2.48 bits per heavy atom. The Kier molecular flexibility index (Phi) is 16.6. The van der Waals surface area contributed by atoms with E-state index in [2.05, 4.69) is 20.9 Å². The number of pyridine rings is 1. The standard InChI is InChI=1S/C36H51N5O7/c1-36(2,3)48-35(45)39-18-21-46-22-23-47-27-33(43)40-26-30-9-6-11-31(24-30)34(44)41-19-14-28(15-20-41)8-4-5-17-38-32(42)13-12-29-10-7-16-37-25-29/h6-7,9-13,16,24-25,28H,4-5,8,14-15,17-23,26-27H2,1-3H3,(H,38,42)(H,39,45)(H,40,43)/b13-12+. The Morgan fingerprint density at radius 2 is 1.73 bits per heavy atom. The number of nitrogens with one attached hydrogen (secondary N) is 3. The maximum Gasteiger partial charge on any atom is 0.407 e. The third-order valence-corrected chi connectivity index (χ3v) is 7.54. The van der Waals surface area contributed by atoms with E-state index in [0.29, 0.717) is 37.7 Å². The van der Waals surface area contributed by atoms with Crippen molar-refractivity contribution >= 4 is 29.9 Å². The maximum atomic E-state index is 13.2. The molecule has 0 atom stereocenters. The second-order valence-corrected chi connectivity index (χ2v) is 12.7. The number of ether oxygens (including phenoxy) is 3. The minimum absolute atomic E-state index is 0.00769. The fraction of sp³-hybridized carbons (Fsp3) is 0.528. The Morgan fingerprint density at radius 1 is 0.938 bits per heavy atom. The van der Waals surface area contributed by atoms with E-state index in [1.165, 1.54) is 6.08 Å². The minimum atomic E-state index is -0.552. The third kappa shape index (κ3) is 16.0. The number of unbranched alkanes of at least 4 members (excludes halogenated alkanes) is 1. The smallest absolute Gasteiger partial charge is 0.407 e. The molecule has 4 amide bonds. The summed E-state index contributed by atoms with van der Waals surface area (Å²) in [5, 5.41) is 8.35. The van der Waals surface area contributed by atoms with Crippen molar-refractivity contribution in [1.82, 2.24) is 25.8 Å². The summed E-state index contributed by atoms with van der Waals surface area (Å²) in [5.74, 6) is 0.216. The van der Waals surface area contributed by atoms with Gasteiger partial charge in [-0.2, -0.15) is 0 Å². The van der Waals surface area contributed by atoms with E-state index < -0.39 is 11.7 Å². The molecule has 12 nitrogen and oxygen atoms in total. The number of benzene rings is 1. The molecule has 3 N–H and O–H groups in total. The predicted molar refractivity (Wildman–Crippen MR) is 183 cm³/mol. The summed E-state index contributed by atoms with van der Waals surface area (Å²) in [7, 11) is 0. The zero-order valence-corrected chi connectivity index (χ0v) is 28.5. The molecule has 0 saturated carbocycles. The zero-order valence-electron chi connectivity index (χ0n) is 28.5. The molecule has 2 heterocycles. The molecule has 0 unspecified atom stereocenters. The largest absolute Gasteiger partial charge is 0.444 e. The number of piperidine rings is 1. The third-order valence-electron chi connectivity index (χ3n) is 7.54. The van der Waals surface area contributed by atoms with E-state index in [4.69, 9.17) is 14.2 Å². The molecular weight excluding hydrogens is 614 g/mol. The normalized spacial score (nSPS) is 13.7. The van der Waals surface area contributed by atoms with Gasteiger partial charge in [0.15, 0.2) is 0 Å². The first-order valence-corrected chi connectivity index (χ1v) is 16.7. The molecule has 262 valence electrons. The summed E-state index contributed by atoms with van der Waals surface area (Å²) >= 11 is 0. The molecule has 1 aromatic heterocycles. The van der Waals surface area contributed by atoms with Gasteiger partial charge >= 0.3 is 6.09 Å². The second-order valence-electron chi connectivity index (χ2n) is 12.7. The monoisotopic (exact) mass is 665 g/mol. The number of aromatic nitrogens is 1. The van der Waals surface area contributed by atoms with E-state index in [0.717, 1.165) is 56.3 Å². The molecule has 0 bridgehead atoms. The van der Waals surface area contributed by atoms with Crippen LogP contribution in [0.2, 0.25) is 0 Å². The van der Waals surface area contributed by atoms with Crippen LogP contribution in [0.25, 0.3) is 6.08 Å². The Hall–Kier alpha value is -4.29. The van der Waals surface area contributed by atoms with Crippen LogP contribution in [-0.4, -0.2) is 91.9 Å². The summed E-state index contributed by atoms with van der Waals surface area (Å²) in [5.41, 5.74) is 1.79. The first-order chi connectivity index (χ1) is 23.1. The number of nitrogens with zero attached hydrogens (tertiary/aromatic N) is 2. The summed E-state index contributed by atoms with van der Waals surface area (Å²) in [6, 6.07) is 11.1. The molecule has 0 spiro atoms. The van der Waals surface area contributed by atoms with Crippen LogP contribution in [-0.2, 0) is 30.3 Å².